The smallest absolute Gasteiger partial charge is 0.240 e. The number of aryl methyl sites for hydroxylation is 1. The van der Waals surface area contributed by atoms with Crippen LogP contribution in [0.1, 0.15) is 43.4 Å². The Bertz CT molecular complexity index is 818. The van der Waals surface area contributed by atoms with E-state index in [4.69, 9.17) is 11.6 Å². The zero-order valence-electron chi connectivity index (χ0n) is 16.4. The molecule has 4 nitrogen and oxygen atoms in total. The summed E-state index contributed by atoms with van der Waals surface area (Å²) in [4.78, 5) is 26.3. The molecule has 0 unspecified atom stereocenters. The highest BCUT2D eigenvalue weighted by molar-refractivity contribution is 6.30. The third kappa shape index (κ3) is 5.83. The van der Waals surface area contributed by atoms with E-state index in [-0.39, 0.29) is 24.3 Å². The molecule has 0 saturated heterocycles. The van der Waals surface area contributed by atoms with Gasteiger partial charge in [0.05, 0.1) is 5.69 Å². The monoisotopic (exact) mass is 386 g/mol. The van der Waals surface area contributed by atoms with Crippen molar-refractivity contribution in [3.8, 4) is 0 Å². The number of carbonyl (C=O) groups is 2. The van der Waals surface area contributed by atoms with Crippen molar-refractivity contribution in [2.75, 3.05) is 18.0 Å². The summed E-state index contributed by atoms with van der Waals surface area (Å²) in [6.07, 6.45) is 0.688. The number of nitrogens with one attached hydrogen (secondary N) is 1. The second-order valence-corrected chi connectivity index (χ2v) is 7.44. The second kappa shape index (κ2) is 9.56. The Hall–Kier alpha value is -2.33. The lowest BCUT2D eigenvalue weighted by atomic mass is 9.97. The van der Waals surface area contributed by atoms with Gasteiger partial charge in [-0.1, -0.05) is 55.8 Å². The van der Waals surface area contributed by atoms with E-state index in [1.54, 1.807) is 4.90 Å². The molecule has 5 heteroatoms. The van der Waals surface area contributed by atoms with Crippen LogP contribution in [-0.2, 0) is 16.0 Å². The quantitative estimate of drug-likeness (QED) is 0.762. The number of nitrogens with zero attached hydrogens (tertiary/aromatic N) is 1. The molecule has 2 aromatic carbocycles. The highest BCUT2D eigenvalue weighted by Crippen LogP contribution is 2.31. The molecule has 0 atom stereocenters. The zero-order chi connectivity index (χ0) is 20.0. The Morgan fingerprint density at radius 3 is 2.48 bits per heavy atom. The summed E-state index contributed by atoms with van der Waals surface area (Å²) in [7, 11) is 0. The molecule has 0 saturated carbocycles. The molecule has 0 heterocycles. The van der Waals surface area contributed by atoms with Gasteiger partial charge >= 0.3 is 0 Å². The summed E-state index contributed by atoms with van der Waals surface area (Å²) in [5.41, 5.74) is 3.96. The van der Waals surface area contributed by atoms with Gasteiger partial charge in [-0.2, -0.15) is 0 Å². The van der Waals surface area contributed by atoms with Crippen molar-refractivity contribution >= 4 is 29.1 Å². The van der Waals surface area contributed by atoms with Crippen molar-refractivity contribution in [2.24, 2.45) is 0 Å². The van der Waals surface area contributed by atoms with Crippen molar-refractivity contribution < 1.29 is 9.59 Å². The molecule has 1 N–H and O–H groups in total. The van der Waals surface area contributed by atoms with E-state index in [0.29, 0.717) is 18.0 Å². The Morgan fingerprint density at radius 1 is 1.15 bits per heavy atom. The molecule has 144 valence electrons. The summed E-state index contributed by atoms with van der Waals surface area (Å²) >= 11 is 5.98. The van der Waals surface area contributed by atoms with Crippen LogP contribution in [0.4, 0.5) is 5.69 Å². The van der Waals surface area contributed by atoms with Gasteiger partial charge in [0.1, 0.15) is 6.54 Å². The van der Waals surface area contributed by atoms with E-state index in [1.807, 2.05) is 49.4 Å². The van der Waals surface area contributed by atoms with Crippen LogP contribution in [0.2, 0.25) is 5.02 Å². The molecule has 0 spiro atoms. The maximum absolute atomic E-state index is 12.4. The van der Waals surface area contributed by atoms with Crippen molar-refractivity contribution in [1.29, 1.82) is 0 Å². The van der Waals surface area contributed by atoms with Gasteiger partial charge < -0.3 is 10.2 Å². The molecular formula is C22H27ClN2O2. The number of halogens is 1. The van der Waals surface area contributed by atoms with Gasteiger partial charge in [0.15, 0.2) is 0 Å². The minimum absolute atomic E-state index is 0.00938. The number of hydrogen-bond donors (Lipinski definition) is 1. The number of anilines is 1. The van der Waals surface area contributed by atoms with E-state index < -0.39 is 0 Å². The molecular weight excluding hydrogens is 360 g/mol. The summed E-state index contributed by atoms with van der Waals surface area (Å²) in [6, 6.07) is 13.5. The lowest BCUT2D eigenvalue weighted by molar-refractivity contribution is -0.123. The molecule has 2 amide bonds. The Kier molecular flexibility index (Phi) is 7.43. The fraction of sp³-hybridized carbons (Fsp3) is 0.364. The maximum atomic E-state index is 12.4. The predicted octanol–water partition coefficient (Wildman–Crippen LogP) is 4.48. The maximum Gasteiger partial charge on any atom is 0.240 e. The van der Waals surface area contributed by atoms with Gasteiger partial charge in [-0.05, 0) is 48.1 Å². The van der Waals surface area contributed by atoms with Gasteiger partial charge in [0.2, 0.25) is 11.8 Å². The summed E-state index contributed by atoms with van der Waals surface area (Å²) in [6.45, 7) is 8.14. The van der Waals surface area contributed by atoms with Crippen molar-refractivity contribution in [3.05, 3.63) is 64.2 Å². The van der Waals surface area contributed by atoms with Gasteiger partial charge in [0, 0.05) is 18.5 Å². The topological polar surface area (TPSA) is 49.4 Å². The summed E-state index contributed by atoms with van der Waals surface area (Å²) in [5.74, 6) is -0.0611. The van der Waals surface area contributed by atoms with Crippen LogP contribution in [-0.4, -0.2) is 24.9 Å². The first-order chi connectivity index (χ1) is 12.8. The standard InChI is InChI=1S/C22H27ClN2O2/c1-15(2)20-10-5-7-16(3)22(20)25(17(4)26)14-21(27)24-12-11-18-8-6-9-19(23)13-18/h5-10,13,15H,11-12,14H2,1-4H3,(H,24,27). The normalized spacial score (nSPS) is 10.7. The minimum atomic E-state index is -0.176. The van der Waals surface area contributed by atoms with E-state index >= 15 is 0 Å². The van der Waals surface area contributed by atoms with E-state index in [0.717, 1.165) is 22.4 Å². The van der Waals surface area contributed by atoms with Gasteiger partial charge in [0.25, 0.3) is 0 Å². The first-order valence-electron chi connectivity index (χ1n) is 9.18. The molecule has 0 bridgehead atoms. The average Bonchev–Trinajstić information content (AvgIpc) is 2.59. The molecule has 2 rings (SSSR count). The molecule has 0 fully saturated rings. The molecule has 2 aromatic rings. The third-order valence-corrected chi connectivity index (χ3v) is 4.70. The van der Waals surface area contributed by atoms with Crippen LogP contribution >= 0.6 is 11.6 Å². The molecule has 0 radical (unpaired) electrons. The van der Waals surface area contributed by atoms with E-state index in [9.17, 15) is 9.59 Å². The van der Waals surface area contributed by atoms with Gasteiger partial charge in [-0.25, -0.2) is 0 Å². The van der Waals surface area contributed by atoms with Crippen LogP contribution in [0.25, 0.3) is 0 Å². The minimum Gasteiger partial charge on any atom is -0.354 e. The Morgan fingerprint density at radius 2 is 1.85 bits per heavy atom. The first-order valence-corrected chi connectivity index (χ1v) is 9.56. The fourth-order valence-corrected chi connectivity index (χ4v) is 3.32. The molecule has 0 aliphatic heterocycles. The average molecular weight is 387 g/mol. The van der Waals surface area contributed by atoms with Crippen LogP contribution < -0.4 is 10.2 Å². The molecule has 27 heavy (non-hydrogen) atoms. The fourth-order valence-electron chi connectivity index (χ4n) is 3.10. The number of amides is 2. The summed E-state index contributed by atoms with van der Waals surface area (Å²) in [5, 5.41) is 3.58. The Balaban J connectivity index is 2.06. The number of rotatable bonds is 7. The zero-order valence-corrected chi connectivity index (χ0v) is 17.1. The van der Waals surface area contributed by atoms with Crippen molar-refractivity contribution in [2.45, 2.75) is 40.0 Å². The largest absolute Gasteiger partial charge is 0.354 e. The lowest BCUT2D eigenvalue weighted by Crippen LogP contribution is -2.41. The molecule has 0 aliphatic carbocycles. The van der Waals surface area contributed by atoms with Crippen molar-refractivity contribution in [3.63, 3.8) is 0 Å². The number of hydrogen-bond acceptors (Lipinski definition) is 2. The molecule has 0 aromatic heterocycles. The van der Waals surface area contributed by atoms with Crippen LogP contribution in [0.5, 0.6) is 0 Å². The van der Waals surface area contributed by atoms with Gasteiger partial charge in [-0.3, -0.25) is 9.59 Å². The number of carbonyl (C=O) groups excluding carboxylic acids is 2. The first kappa shape index (κ1) is 21.0. The van der Waals surface area contributed by atoms with Gasteiger partial charge in [-0.15, -0.1) is 0 Å². The molecule has 0 aliphatic rings. The number of benzene rings is 2. The van der Waals surface area contributed by atoms with E-state index in [2.05, 4.69) is 19.2 Å². The summed E-state index contributed by atoms with van der Waals surface area (Å²) < 4.78 is 0. The van der Waals surface area contributed by atoms with Crippen LogP contribution in [0.3, 0.4) is 0 Å². The third-order valence-electron chi connectivity index (χ3n) is 4.47. The number of para-hydroxylation sites is 1. The van der Waals surface area contributed by atoms with E-state index in [1.165, 1.54) is 6.92 Å². The lowest BCUT2D eigenvalue weighted by Gasteiger charge is -2.27. The SMILES string of the molecule is CC(=O)N(CC(=O)NCCc1cccc(Cl)c1)c1c(C)cccc1C(C)C. The highest BCUT2D eigenvalue weighted by Gasteiger charge is 2.21. The van der Waals surface area contributed by atoms with Crippen LogP contribution in [0, 0.1) is 6.92 Å². The highest BCUT2D eigenvalue weighted by atomic mass is 35.5. The Labute approximate surface area is 166 Å². The second-order valence-electron chi connectivity index (χ2n) is 7.00. The van der Waals surface area contributed by atoms with Crippen molar-refractivity contribution in [1.82, 2.24) is 5.32 Å². The predicted molar refractivity (Wildman–Crippen MR) is 111 cm³/mol. The van der Waals surface area contributed by atoms with Crippen LogP contribution in [0.15, 0.2) is 42.5 Å².